The van der Waals surface area contributed by atoms with Crippen LogP contribution in [0.25, 0.3) is 0 Å². The van der Waals surface area contributed by atoms with Crippen LogP contribution in [0, 0.1) is 6.92 Å². The molecule has 0 saturated carbocycles. The molecule has 0 aromatic heterocycles. The predicted molar refractivity (Wildman–Crippen MR) is 50.3 cm³/mol. The van der Waals surface area contributed by atoms with Crippen LogP contribution in [0.3, 0.4) is 0 Å². The van der Waals surface area contributed by atoms with Crippen molar-refractivity contribution in [3.8, 4) is 0 Å². The average Bonchev–Trinajstić information content (AvgIpc) is 1.65. The smallest absolute Gasteiger partial charge is 0.0354 e. The molecule has 0 nitrogen and oxygen atoms in total. The molecule has 9 heavy (non-hydrogen) atoms. The third-order valence-corrected chi connectivity index (χ3v) is 3.97. The van der Waals surface area contributed by atoms with Gasteiger partial charge in [0.1, 0.15) is 0 Å². The Labute approximate surface area is 74.7 Å². The Morgan fingerprint density at radius 3 is 2.22 bits per heavy atom. The Morgan fingerprint density at radius 2 is 2.11 bits per heavy atom. The van der Waals surface area contributed by atoms with E-state index in [0.29, 0.717) is 4.83 Å². The fourth-order valence-electron chi connectivity index (χ4n) is 0.645. The first-order valence-corrected chi connectivity index (χ1v) is 4.87. The molecule has 0 aromatic rings. The van der Waals surface area contributed by atoms with E-state index in [9.17, 15) is 0 Å². The Kier molecular flexibility index (Phi) is 4.39. The molecule has 2 unspecified atom stereocenters. The molecule has 0 fully saturated rings. The van der Waals surface area contributed by atoms with E-state index in [1.165, 1.54) is 6.42 Å². The summed E-state index contributed by atoms with van der Waals surface area (Å²) in [5.74, 6) is 0. The predicted octanol–water partition coefficient (Wildman–Crippen LogP) is 3.54. The second-order valence-corrected chi connectivity index (χ2v) is 5.41. The van der Waals surface area contributed by atoms with Crippen LogP contribution in [-0.4, -0.2) is 9.15 Å². The van der Waals surface area contributed by atoms with Crippen LogP contribution in [0.5, 0.6) is 0 Å². The fraction of sp³-hybridized carbons (Fsp3) is 0.857. The van der Waals surface area contributed by atoms with E-state index in [0.717, 1.165) is 6.42 Å². The zero-order valence-corrected chi connectivity index (χ0v) is 9.13. The number of alkyl halides is 2. The van der Waals surface area contributed by atoms with Gasteiger partial charge in [-0.15, -0.1) is 0 Å². The molecule has 0 heterocycles. The van der Waals surface area contributed by atoms with Gasteiger partial charge in [-0.1, -0.05) is 45.2 Å². The zero-order chi connectivity index (χ0) is 7.49. The van der Waals surface area contributed by atoms with Crippen LogP contribution in [0.1, 0.15) is 26.7 Å². The minimum atomic E-state index is 0.168. The lowest BCUT2D eigenvalue weighted by Crippen LogP contribution is -2.25. The van der Waals surface area contributed by atoms with Gasteiger partial charge >= 0.3 is 0 Å². The highest BCUT2D eigenvalue weighted by Gasteiger charge is 2.24. The third-order valence-electron chi connectivity index (χ3n) is 1.39. The largest absolute Gasteiger partial charge is 0.0876 e. The zero-order valence-electron chi connectivity index (χ0n) is 5.95. The van der Waals surface area contributed by atoms with Gasteiger partial charge < -0.3 is 0 Å². The van der Waals surface area contributed by atoms with Crippen molar-refractivity contribution in [1.82, 2.24) is 0 Å². The Morgan fingerprint density at radius 1 is 1.67 bits per heavy atom. The lowest BCUT2D eigenvalue weighted by atomic mass is 10.0. The molecule has 1 radical (unpaired) electrons. The van der Waals surface area contributed by atoms with Crippen molar-refractivity contribution in [2.24, 2.45) is 0 Å². The Balaban J connectivity index is 3.70. The number of hydrogen-bond donors (Lipinski definition) is 0. The van der Waals surface area contributed by atoms with Crippen molar-refractivity contribution in [3.63, 3.8) is 0 Å². The van der Waals surface area contributed by atoms with Gasteiger partial charge in [-0.3, -0.25) is 0 Å². The van der Waals surface area contributed by atoms with Crippen molar-refractivity contribution in [2.45, 2.75) is 35.8 Å². The van der Waals surface area contributed by atoms with Crippen LogP contribution in [-0.2, 0) is 0 Å². The molecule has 2 heteroatoms. The highest BCUT2D eigenvalue weighted by Crippen LogP contribution is 2.31. The standard InChI is InChI=1S/C7H13Br2/c1-4-5-7(3,9)6(2)8/h6H,2,4-5H2,1,3H3. The van der Waals surface area contributed by atoms with E-state index in [1.54, 1.807) is 0 Å². The summed E-state index contributed by atoms with van der Waals surface area (Å²) in [6.07, 6.45) is 2.35. The molecule has 0 rings (SSSR count). The van der Waals surface area contributed by atoms with E-state index in [-0.39, 0.29) is 4.32 Å². The molecule has 0 amide bonds. The fourth-order valence-corrected chi connectivity index (χ4v) is 1.27. The van der Waals surface area contributed by atoms with Crippen molar-refractivity contribution in [2.75, 3.05) is 0 Å². The summed E-state index contributed by atoms with van der Waals surface area (Å²) in [6, 6.07) is 0. The maximum absolute atomic E-state index is 3.90. The summed E-state index contributed by atoms with van der Waals surface area (Å²) in [6.45, 7) is 8.23. The first-order valence-electron chi connectivity index (χ1n) is 3.16. The highest BCUT2D eigenvalue weighted by atomic mass is 79.9. The normalized spacial score (nSPS) is 21.0. The van der Waals surface area contributed by atoms with E-state index >= 15 is 0 Å². The molecule has 0 aliphatic rings. The maximum Gasteiger partial charge on any atom is 0.0354 e. The molecule has 0 spiro atoms. The molecule has 0 aromatic carbocycles. The summed E-state index contributed by atoms with van der Waals surface area (Å²) < 4.78 is 0.168. The van der Waals surface area contributed by atoms with Crippen LogP contribution >= 0.6 is 31.9 Å². The summed E-state index contributed by atoms with van der Waals surface area (Å²) in [4.78, 5) is 0.296. The highest BCUT2D eigenvalue weighted by molar-refractivity contribution is 9.12. The molecule has 0 aliphatic carbocycles. The van der Waals surface area contributed by atoms with Crippen molar-refractivity contribution in [3.05, 3.63) is 6.92 Å². The van der Waals surface area contributed by atoms with Gasteiger partial charge in [-0.2, -0.15) is 0 Å². The number of halogens is 2. The third kappa shape index (κ3) is 3.61. The molecule has 0 saturated heterocycles. The first kappa shape index (κ1) is 9.96. The van der Waals surface area contributed by atoms with Gasteiger partial charge in [0.25, 0.3) is 0 Å². The molecule has 0 aliphatic heterocycles. The van der Waals surface area contributed by atoms with Gasteiger partial charge in [-0.25, -0.2) is 0 Å². The minimum Gasteiger partial charge on any atom is -0.0876 e. The lowest BCUT2D eigenvalue weighted by molar-refractivity contribution is 0.609. The first-order chi connectivity index (χ1) is 4.00. The number of rotatable bonds is 3. The molecular weight excluding hydrogens is 244 g/mol. The summed E-state index contributed by atoms with van der Waals surface area (Å²) in [5.41, 5.74) is 0. The minimum absolute atomic E-state index is 0.168. The molecule has 0 bridgehead atoms. The van der Waals surface area contributed by atoms with Crippen LogP contribution in [0.15, 0.2) is 0 Å². The van der Waals surface area contributed by atoms with Crippen LogP contribution in [0.4, 0.5) is 0 Å². The monoisotopic (exact) mass is 255 g/mol. The van der Waals surface area contributed by atoms with Crippen molar-refractivity contribution >= 4 is 31.9 Å². The quantitative estimate of drug-likeness (QED) is 0.678. The SMILES string of the molecule is [CH2]C(Br)C(C)(Br)CCC. The van der Waals surface area contributed by atoms with Crippen molar-refractivity contribution in [1.29, 1.82) is 0 Å². The molecule has 0 N–H and O–H groups in total. The molecular formula is C7H13Br2. The van der Waals surface area contributed by atoms with Crippen LogP contribution in [0.2, 0.25) is 0 Å². The van der Waals surface area contributed by atoms with Gasteiger partial charge in [-0.05, 0) is 20.3 Å². The van der Waals surface area contributed by atoms with Gasteiger partial charge in [0.05, 0.1) is 0 Å². The maximum atomic E-state index is 3.90. The van der Waals surface area contributed by atoms with E-state index in [2.05, 4.69) is 52.6 Å². The lowest BCUT2D eigenvalue weighted by Gasteiger charge is -2.24. The molecule has 2 atom stereocenters. The van der Waals surface area contributed by atoms with Gasteiger partial charge in [0, 0.05) is 9.15 Å². The van der Waals surface area contributed by atoms with E-state index in [1.807, 2.05) is 0 Å². The van der Waals surface area contributed by atoms with E-state index in [4.69, 9.17) is 0 Å². The second-order valence-electron chi connectivity index (χ2n) is 2.50. The Hall–Kier alpha value is 0.960. The van der Waals surface area contributed by atoms with Crippen LogP contribution < -0.4 is 0 Å². The summed E-state index contributed by atoms with van der Waals surface area (Å²) in [7, 11) is 0. The van der Waals surface area contributed by atoms with E-state index < -0.39 is 0 Å². The van der Waals surface area contributed by atoms with Gasteiger partial charge in [0.15, 0.2) is 0 Å². The van der Waals surface area contributed by atoms with Crippen molar-refractivity contribution < 1.29 is 0 Å². The number of hydrogen-bond acceptors (Lipinski definition) is 0. The molecule has 55 valence electrons. The second kappa shape index (κ2) is 3.97. The van der Waals surface area contributed by atoms with Gasteiger partial charge in [0.2, 0.25) is 0 Å². The Bertz CT molecular complexity index is 77.0. The summed E-state index contributed by atoms with van der Waals surface area (Å²) >= 11 is 7.04. The summed E-state index contributed by atoms with van der Waals surface area (Å²) in [5, 5.41) is 0. The topological polar surface area (TPSA) is 0 Å². The average molecular weight is 257 g/mol.